The molecule has 2 amide bonds. The van der Waals surface area contributed by atoms with Crippen molar-refractivity contribution in [1.82, 2.24) is 5.32 Å². The Morgan fingerprint density at radius 2 is 1.82 bits per heavy atom. The summed E-state index contributed by atoms with van der Waals surface area (Å²) in [6.07, 6.45) is -4.80. The third-order valence-corrected chi connectivity index (χ3v) is 2.44. The van der Waals surface area contributed by atoms with Gasteiger partial charge in [0, 0.05) is 17.2 Å². The molecule has 0 bridgehead atoms. The van der Waals surface area contributed by atoms with E-state index in [-0.39, 0.29) is 18.1 Å². The molecule has 8 heteroatoms. The van der Waals surface area contributed by atoms with Crippen molar-refractivity contribution in [3.05, 3.63) is 24.3 Å². The smallest absolute Gasteiger partial charge is 0.406 e. The van der Waals surface area contributed by atoms with Crippen LogP contribution in [0.5, 0.6) is 5.75 Å². The number of rotatable bonds is 4. The van der Waals surface area contributed by atoms with E-state index in [1.165, 1.54) is 12.1 Å². The first-order chi connectivity index (χ1) is 9.97. The number of amides is 2. The Balaban J connectivity index is 2.58. The Hall–Kier alpha value is -2.25. The van der Waals surface area contributed by atoms with Crippen molar-refractivity contribution < 1.29 is 27.5 Å². The molecule has 0 aromatic heterocycles. The van der Waals surface area contributed by atoms with Gasteiger partial charge in [-0.2, -0.15) is 0 Å². The molecule has 0 heterocycles. The summed E-state index contributed by atoms with van der Waals surface area (Å²) >= 11 is 0. The average Bonchev–Trinajstić information content (AvgIpc) is 2.33. The van der Waals surface area contributed by atoms with Crippen LogP contribution >= 0.6 is 0 Å². The lowest BCUT2D eigenvalue weighted by molar-refractivity contribution is -0.274. The number of carbonyl (C=O) groups is 2. The lowest BCUT2D eigenvalue weighted by Gasteiger charge is -2.17. The Morgan fingerprint density at radius 1 is 1.18 bits per heavy atom. The van der Waals surface area contributed by atoms with Gasteiger partial charge in [0.1, 0.15) is 5.75 Å². The zero-order valence-electron chi connectivity index (χ0n) is 12.4. The van der Waals surface area contributed by atoms with Crippen LogP contribution in [0, 0.1) is 5.41 Å². The van der Waals surface area contributed by atoms with Crippen LogP contribution in [0.2, 0.25) is 0 Å². The normalized spacial score (nSPS) is 11.7. The molecule has 0 fully saturated rings. The number of hydrogen-bond acceptors (Lipinski definition) is 3. The largest absolute Gasteiger partial charge is 0.573 e. The van der Waals surface area contributed by atoms with Gasteiger partial charge in [-0.25, -0.2) is 0 Å². The molecule has 0 atom stereocenters. The van der Waals surface area contributed by atoms with Crippen molar-refractivity contribution in [2.24, 2.45) is 5.41 Å². The van der Waals surface area contributed by atoms with Gasteiger partial charge in [-0.15, -0.1) is 13.2 Å². The summed E-state index contributed by atoms with van der Waals surface area (Å²) in [4.78, 5) is 23.2. The fourth-order valence-corrected chi connectivity index (χ4v) is 1.40. The molecule has 0 aliphatic rings. The molecule has 0 aliphatic heterocycles. The van der Waals surface area contributed by atoms with Crippen LogP contribution in [-0.2, 0) is 9.59 Å². The zero-order valence-corrected chi connectivity index (χ0v) is 12.4. The maximum Gasteiger partial charge on any atom is 0.573 e. The Kier molecular flexibility index (Phi) is 5.40. The lowest BCUT2D eigenvalue weighted by atomic mass is 9.96. The van der Waals surface area contributed by atoms with Crippen LogP contribution in [-0.4, -0.2) is 24.7 Å². The van der Waals surface area contributed by atoms with Gasteiger partial charge in [-0.3, -0.25) is 9.59 Å². The van der Waals surface area contributed by atoms with Crippen molar-refractivity contribution >= 4 is 17.5 Å². The number of nitrogens with one attached hydrogen (secondary N) is 2. The van der Waals surface area contributed by atoms with Gasteiger partial charge in [0.15, 0.2) is 0 Å². The minimum Gasteiger partial charge on any atom is -0.406 e. The number of benzene rings is 1. The molecule has 1 aromatic carbocycles. The molecule has 2 N–H and O–H groups in total. The standard InChI is InChI=1S/C14H17F3N2O3/c1-13(2,3)12(21)18-8-11(20)19-9-5-4-6-10(7-9)22-14(15,16)17/h4-7H,8H2,1-3H3,(H,18,21)(H,19,20). The molecule has 22 heavy (non-hydrogen) atoms. The van der Waals surface area contributed by atoms with E-state index < -0.39 is 23.4 Å². The number of anilines is 1. The van der Waals surface area contributed by atoms with E-state index in [0.717, 1.165) is 12.1 Å². The molecule has 122 valence electrons. The first-order valence-electron chi connectivity index (χ1n) is 6.41. The van der Waals surface area contributed by atoms with E-state index >= 15 is 0 Å². The molecule has 0 radical (unpaired) electrons. The number of hydrogen-bond donors (Lipinski definition) is 2. The van der Waals surface area contributed by atoms with Gasteiger partial charge >= 0.3 is 6.36 Å². The topological polar surface area (TPSA) is 67.4 Å². The van der Waals surface area contributed by atoms with E-state index in [1.807, 2.05) is 0 Å². The van der Waals surface area contributed by atoms with Crippen LogP contribution in [0.15, 0.2) is 24.3 Å². The van der Waals surface area contributed by atoms with Crippen LogP contribution in [0.4, 0.5) is 18.9 Å². The van der Waals surface area contributed by atoms with E-state index in [9.17, 15) is 22.8 Å². The van der Waals surface area contributed by atoms with Crippen LogP contribution in [0.25, 0.3) is 0 Å². The summed E-state index contributed by atoms with van der Waals surface area (Å²) < 4.78 is 40.0. The first kappa shape index (κ1) is 17.8. The fourth-order valence-electron chi connectivity index (χ4n) is 1.40. The first-order valence-corrected chi connectivity index (χ1v) is 6.41. The Bertz CT molecular complexity index is 551. The quantitative estimate of drug-likeness (QED) is 0.897. The zero-order chi connectivity index (χ0) is 17.0. The van der Waals surface area contributed by atoms with Crippen molar-refractivity contribution in [1.29, 1.82) is 0 Å². The third-order valence-electron chi connectivity index (χ3n) is 2.44. The summed E-state index contributed by atoms with van der Waals surface area (Å²) in [6.45, 7) is 4.80. The van der Waals surface area contributed by atoms with Crippen LogP contribution in [0.1, 0.15) is 20.8 Å². The lowest BCUT2D eigenvalue weighted by Crippen LogP contribution is -2.39. The summed E-state index contributed by atoms with van der Waals surface area (Å²) in [7, 11) is 0. The summed E-state index contributed by atoms with van der Waals surface area (Å²) in [5.41, 5.74) is -0.502. The Labute approximate surface area is 125 Å². The van der Waals surface area contributed by atoms with Crippen molar-refractivity contribution in [2.45, 2.75) is 27.1 Å². The Morgan fingerprint density at radius 3 is 2.36 bits per heavy atom. The highest BCUT2D eigenvalue weighted by Gasteiger charge is 2.31. The molecule has 5 nitrogen and oxygen atoms in total. The third kappa shape index (κ3) is 6.47. The minimum absolute atomic E-state index is 0.136. The molecule has 1 aromatic rings. The highest BCUT2D eigenvalue weighted by atomic mass is 19.4. The van der Waals surface area contributed by atoms with E-state index in [4.69, 9.17) is 0 Å². The molecule has 1 rings (SSSR count). The minimum atomic E-state index is -4.80. The monoisotopic (exact) mass is 318 g/mol. The predicted molar refractivity (Wildman–Crippen MR) is 74.2 cm³/mol. The van der Waals surface area contributed by atoms with Crippen molar-refractivity contribution in [3.63, 3.8) is 0 Å². The average molecular weight is 318 g/mol. The van der Waals surface area contributed by atoms with Gasteiger partial charge in [0.05, 0.1) is 6.54 Å². The number of alkyl halides is 3. The van der Waals surface area contributed by atoms with Crippen molar-refractivity contribution in [2.75, 3.05) is 11.9 Å². The number of ether oxygens (including phenoxy) is 1. The summed E-state index contributed by atoms with van der Waals surface area (Å²) in [5, 5.41) is 4.81. The summed E-state index contributed by atoms with van der Waals surface area (Å²) in [6, 6.07) is 4.87. The van der Waals surface area contributed by atoms with Gasteiger partial charge in [0.25, 0.3) is 0 Å². The molecule has 0 spiro atoms. The van der Waals surface area contributed by atoms with Gasteiger partial charge in [-0.05, 0) is 12.1 Å². The highest BCUT2D eigenvalue weighted by molar-refractivity contribution is 5.95. The fraction of sp³-hybridized carbons (Fsp3) is 0.429. The summed E-state index contributed by atoms with van der Waals surface area (Å²) in [5.74, 6) is -1.30. The molecular formula is C14H17F3N2O3. The number of halogens is 3. The van der Waals surface area contributed by atoms with Gasteiger partial charge < -0.3 is 15.4 Å². The van der Waals surface area contributed by atoms with E-state index in [0.29, 0.717) is 0 Å². The molecule has 0 aliphatic carbocycles. The predicted octanol–water partition coefficient (Wildman–Crippen LogP) is 2.69. The maximum atomic E-state index is 12.1. The van der Waals surface area contributed by atoms with E-state index in [2.05, 4.69) is 15.4 Å². The van der Waals surface area contributed by atoms with E-state index in [1.54, 1.807) is 20.8 Å². The second kappa shape index (κ2) is 6.67. The van der Waals surface area contributed by atoms with Crippen molar-refractivity contribution in [3.8, 4) is 5.75 Å². The maximum absolute atomic E-state index is 12.1. The van der Waals surface area contributed by atoms with Gasteiger partial charge in [0.2, 0.25) is 11.8 Å². The molecular weight excluding hydrogens is 301 g/mol. The van der Waals surface area contributed by atoms with Crippen LogP contribution in [0.3, 0.4) is 0 Å². The second-order valence-electron chi connectivity index (χ2n) is 5.56. The second-order valence-corrected chi connectivity index (χ2v) is 5.56. The SMILES string of the molecule is CC(C)(C)C(=O)NCC(=O)Nc1cccc(OC(F)(F)F)c1. The molecule has 0 saturated heterocycles. The van der Waals surface area contributed by atoms with Gasteiger partial charge in [-0.1, -0.05) is 26.8 Å². The molecule has 0 unspecified atom stereocenters. The van der Waals surface area contributed by atoms with Crippen LogP contribution < -0.4 is 15.4 Å². The molecule has 0 saturated carbocycles. The highest BCUT2D eigenvalue weighted by Crippen LogP contribution is 2.24. The number of carbonyl (C=O) groups excluding carboxylic acids is 2.